The average molecular weight is 278 g/mol. The molecular formula is C12H14N4S2. The second kappa shape index (κ2) is 5.88. The van der Waals surface area contributed by atoms with Gasteiger partial charge in [0.25, 0.3) is 0 Å². The first kappa shape index (κ1) is 12.9. The second-order valence-electron chi connectivity index (χ2n) is 3.85. The highest BCUT2D eigenvalue weighted by atomic mass is 32.1. The standard InChI is InChI=1S/C12H14N4S2/c1-8-15-6-10(11(13)17)12(16-8)14-4-2-9-3-5-18-7-9/h3,5-7H,2,4H2,1H3,(H2,13,17)(H,14,15,16). The number of rotatable bonds is 5. The van der Waals surface area contributed by atoms with Gasteiger partial charge in [-0.05, 0) is 35.7 Å². The van der Waals surface area contributed by atoms with Crippen LogP contribution >= 0.6 is 23.6 Å². The number of hydrogen-bond acceptors (Lipinski definition) is 5. The van der Waals surface area contributed by atoms with E-state index in [1.807, 2.05) is 6.92 Å². The predicted molar refractivity (Wildman–Crippen MR) is 79.2 cm³/mol. The monoisotopic (exact) mass is 278 g/mol. The number of nitrogens with one attached hydrogen (secondary N) is 1. The van der Waals surface area contributed by atoms with Crippen LogP contribution in [0.15, 0.2) is 23.0 Å². The van der Waals surface area contributed by atoms with Crippen molar-refractivity contribution < 1.29 is 0 Å². The first-order valence-electron chi connectivity index (χ1n) is 5.55. The molecule has 0 spiro atoms. The molecule has 2 aromatic heterocycles. The van der Waals surface area contributed by atoms with Crippen molar-refractivity contribution in [2.45, 2.75) is 13.3 Å². The molecule has 0 unspecified atom stereocenters. The number of nitrogens with two attached hydrogens (primary N) is 1. The molecule has 0 saturated heterocycles. The normalized spacial score (nSPS) is 10.3. The number of hydrogen-bond donors (Lipinski definition) is 2. The van der Waals surface area contributed by atoms with Crippen molar-refractivity contribution in [3.05, 3.63) is 40.0 Å². The van der Waals surface area contributed by atoms with Crippen molar-refractivity contribution in [1.29, 1.82) is 0 Å². The summed E-state index contributed by atoms with van der Waals surface area (Å²) < 4.78 is 0. The van der Waals surface area contributed by atoms with Crippen molar-refractivity contribution >= 4 is 34.4 Å². The van der Waals surface area contributed by atoms with Gasteiger partial charge in [-0.1, -0.05) is 12.2 Å². The van der Waals surface area contributed by atoms with Crippen molar-refractivity contribution in [1.82, 2.24) is 9.97 Å². The highest BCUT2D eigenvalue weighted by Crippen LogP contribution is 2.12. The van der Waals surface area contributed by atoms with Crippen molar-refractivity contribution in [3.8, 4) is 0 Å². The SMILES string of the molecule is Cc1ncc(C(N)=S)c(NCCc2ccsc2)n1. The maximum absolute atomic E-state index is 5.64. The highest BCUT2D eigenvalue weighted by molar-refractivity contribution is 7.80. The Morgan fingerprint density at radius 2 is 2.39 bits per heavy atom. The van der Waals surface area contributed by atoms with E-state index in [1.165, 1.54) is 5.56 Å². The third-order valence-corrected chi connectivity index (χ3v) is 3.41. The maximum atomic E-state index is 5.64. The van der Waals surface area contributed by atoms with Crippen LogP contribution in [0.4, 0.5) is 5.82 Å². The molecule has 0 aromatic carbocycles. The molecule has 94 valence electrons. The van der Waals surface area contributed by atoms with Gasteiger partial charge in [0.05, 0.1) is 5.56 Å². The Hall–Kier alpha value is -1.53. The topological polar surface area (TPSA) is 63.8 Å². The lowest BCUT2D eigenvalue weighted by atomic mass is 10.2. The Morgan fingerprint density at radius 3 is 3.06 bits per heavy atom. The summed E-state index contributed by atoms with van der Waals surface area (Å²) in [5.41, 5.74) is 7.65. The Morgan fingerprint density at radius 1 is 1.56 bits per heavy atom. The van der Waals surface area contributed by atoms with Crippen molar-refractivity contribution in [3.63, 3.8) is 0 Å². The molecule has 0 radical (unpaired) electrons. The van der Waals surface area contributed by atoms with Gasteiger partial charge in [-0.25, -0.2) is 9.97 Å². The lowest BCUT2D eigenvalue weighted by Crippen LogP contribution is -2.16. The summed E-state index contributed by atoms with van der Waals surface area (Å²) in [6, 6.07) is 2.12. The van der Waals surface area contributed by atoms with Gasteiger partial charge < -0.3 is 11.1 Å². The van der Waals surface area contributed by atoms with Gasteiger partial charge in [0.2, 0.25) is 0 Å². The third kappa shape index (κ3) is 3.24. The van der Waals surface area contributed by atoms with Gasteiger partial charge in [-0.2, -0.15) is 11.3 Å². The van der Waals surface area contributed by atoms with E-state index in [0.717, 1.165) is 13.0 Å². The predicted octanol–water partition coefficient (Wildman–Crippen LogP) is 2.14. The molecule has 0 bridgehead atoms. The zero-order chi connectivity index (χ0) is 13.0. The summed E-state index contributed by atoms with van der Waals surface area (Å²) >= 11 is 6.68. The van der Waals surface area contributed by atoms with Crippen LogP contribution in [0.1, 0.15) is 17.0 Å². The largest absolute Gasteiger partial charge is 0.389 e. The zero-order valence-corrected chi connectivity index (χ0v) is 11.6. The highest BCUT2D eigenvalue weighted by Gasteiger charge is 2.07. The number of thiophene rings is 1. The number of aryl methyl sites for hydroxylation is 1. The van der Waals surface area contributed by atoms with Crippen LogP contribution in [-0.2, 0) is 6.42 Å². The molecule has 0 saturated carbocycles. The van der Waals surface area contributed by atoms with Gasteiger partial charge in [-0.3, -0.25) is 0 Å². The molecule has 0 fully saturated rings. The fourth-order valence-corrected chi connectivity index (χ4v) is 2.40. The molecular weight excluding hydrogens is 264 g/mol. The first-order valence-corrected chi connectivity index (χ1v) is 6.90. The fraction of sp³-hybridized carbons (Fsp3) is 0.250. The molecule has 0 aliphatic carbocycles. The summed E-state index contributed by atoms with van der Waals surface area (Å²) in [6.07, 6.45) is 2.61. The van der Waals surface area contributed by atoms with E-state index >= 15 is 0 Å². The van der Waals surface area contributed by atoms with Crippen molar-refractivity contribution in [2.75, 3.05) is 11.9 Å². The summed E-state index contributed by atoms with van der Waals surface area (Å²) in [5.74, 6) is 1.42. The molecule has 0 atom stereocenters. The molecule has 4 nitrogen and oxygen atoms in total. The lowest BCUT2D eigenvalue weighted by Gasteiger charge is -2.09. The van der Waals surface area contributed by atoms with Gasteiger partial charge >= 0.3 is 0 Å². The number of nitrogens with zero attached hydrogens (tertiary/aromatic N) is 2. The summed E-state index contributed by atoms with van der Waals surface area (Å²) in [6.45, 7) is 2.64. The van der Waals surface area contributed by atoms with E-state index in [1.54, 1.807) is 17.5 Å². The van der Waals surface area contributed by atoms with Crippen LogP contribution in [0, 0.1) is 6.92 Å². The number of anilines is 1. The lowest BCUT2D eigenvalue weighted by molar-refractivity contribution is 0.982. The van der Waals surface area contributed by atoms with E-state index in [-0.39, 0.29) is 0 Å². The molecule has 2 aromatic rings. The quantitative estimate of drug-likeness (QED) is 0.820. The van der Waals surface area contributed by atoms with E-state index in [4.69, 9.17) is 18.0 Å². The zero-order valence-electron chi connectivity index (χ0n) is 10.0. The van der Waals surface area contributed by atoms with Crippen LogP contribution in [0.5, 0.6) is 0 Å². The minimum atomic E-state index is 0.313. The van der Waals surface area contributed by atoms with E-state index in [0.29, 0.717) is 22.2 Å². The molecule has 3 N–H and O–H groups in total. The Balaban J connectivity index is 2.03. The van der Waals surface area contributed by atoms with Gasteiger partial charge in [-0.15, -0.1) is 0 Å². The van der Waals surface area contributed by atoms with Gasteiger partial charge in [0.1, 0.15) is 16.6 Å². The summed E-state index contributed by atoms with van der Waals surface area (Å²) in [5, 5.41) is 7.47. The second-order valence-corrected chi connectivity index (χ2v) is 5.07. The molecule has 2 heterocycles. The minimum absolute atomic E-state index is 0.313. The van der Waals surface area contributed by atoms with Crippen LogP contribution in [0.3, 0.4) is 0 Å². The molecule has 6 heteroatoms. The van der Waals surface area contributed by atoms with E-state index < -0.39 is 0 Å². The van der Waals surface area contributed by atoms with Crippen molar-refractivity contribution in [2.24, 2.45) is 5.73 Å². The summed E-state index contributed by atoms with van der Waals surface area (Å²) in [4.78, 5) is 8.74. The minimum Gasteiger partial charge on any atom is -0.389 e. The molecule has 18 heavy (non-hydrogen) atoms. The Labute approximate surface area is 115 Å². The Kier molecular flexibility index (Phi) is 4.22. The fourth-order valence-electron chi connectivity index (χ4n) is 1.55. The maximum Gasteiger partial charge on any atom is 0.139 e. The van der Waals surface area contributed by atoms with Gasteiger partial charge in [0, 0.05) is 12.7 Å². The average Bonchev–Trinajstić information content (AvgIpc) is 2.82. The third-order valence-electron chi connectivity index (χ3n) is 2.46. The van der Waals surface area contributed by atoms with Crippen LogP contribution in [-0.4, -0.2) is 21.5 Å². The molecule has 0 aliphatic heterocycles. The van der Waals surface area contributed by atoms with E-state index in [2.05, 4.69) is 32.1 Å². The smallest absolute Gasteiger partial charge is 0.139 e. The van der Waals surface area contributed by atoms with Crippen LogP contribution < -0.4 is 11.1 Å². The van der Waals surface area contributed by atoms with Crippen LogP contribution in [0.25, 0.3) is 0 Å². The summed E-state index contributed by atoms with van der Waals surface area (Å²) in [7, 11) is 0. The number of thiocarbonyl (C=S) groups is 1. The van der Waals surface area contributed by atoms with Gasteiger partial charge in [0.15, 0.2) is 0 Å². The van der Waals surface area contributed by atoms with Crippen LogP contribution in [0.2, 0.25) is 0 Å². The van der Waals surface area contributed by atoms with E-state index in [9.17, 15) is 0 Å². The first-order chi connectivity index (χ1) is 8.66. The molecule has 0 amide bonds. The number of aromatic nitrogens is 2. The molecule has 2 rings (SSSR count). The molecule has 0 aliphatic rings. The Bertz CT molecular complexity index is 537.